The number of aliphatic hydroxyl groups excluding tert-OH is 1. The van der Waals surface area contributed by atoms with Gasteiger partial charge in [0.25, 0.3) is 11.7 Å². The van der Waals surface area contributed by atoms with Crippen molar-refractivity contribution in [2.45, 2.75) is 45.1 Å². The Bertz CT molecular complexity index is 1370. The molecule has 2 aliphatic rings. The Hall–Kier alpha value is -4.06. The van der Waals surface area contributed by atoms with E-state index in [1.54, 1.807) is 18.2 Å². The fourth-order valence-corrected chi connectivity index (χ4v) is 5.32. The molecule has 1 heterocycles. The Morgan fingerprint density at radius 2 is 1.54 bits per heavy atom. The molecule has 0 aromatic heterocycles. The number of carbonyl (C=O) groups is 2. The van der Waals surface area contributed by atoms with Gasteiger partial charge in [-0.05, 0) is 60.4 Å². The van der Waals surface area contributed by atoms with Gasteiger partial charge in [-0.25, -0.2) is 0 Å². The van der Waals surface area contributed by atoms with Crippen LogP contribution in [-0.4, -0.2) is 31.0 Å². The molecule has 37 heavy (non-hydrogen) atoms. The second kappa shape index (κ2) is 10.1. The van der Waals surface area contributed by atoms with Crippen LogP contribution in [0.2, 0.25) is 0 Å². The van der Waals surface area contributed by atoms with Crippen LogP contribution in [0.5, 0.6) is 11.5 Å². The third kappa shape index (κ3) is 4.48. The molecule has 6 nitrogen and oxygen atoms in total. The maximum absolute atomic E-state index is 13.5. The number of ether oxygens (including phenoxy) is 2. The molecule has 1 aliphatic carbocycles. The van der Waals surface area contributed by atoms with Crippen LogP contribution < -0.4 is 14.4 Å². The van der Waals surface area contributed by atoms with Crippen molar-refractivity contribution in [2.75, 3.05) is 19.1 Å². The maximum atomic E-state index is 13.5. The first kappa shape index (κ1) is 24.6. The number of hydrogen-bond acceptors (Lipinski definition) is 5. The first-order chi connectivity index (χ1) is 17.9. The minimum atomic E-state index is -0.807. The van der Waals surface area contributed by atoms with Gasteiger partial charge in [-0.15, -0.1) is 0 Å². The molecule has 1 aliphatic heterocycles. The first-order valence-corrected chi connectivity index (χ1v) is 12.7. The fraction of sp³-hybridized carbons (Fsp3) is 0.290. The lowest BCUT2D eigenvalue weighted by Crippen LogP contribution is -2.29. The van der Waals surface area contributed by atoms with Gasteiger partial charge < -0.3 is 14.6 Å². The molecule has 0 saturated carbocycles. The predicted octanol–water partition coefficient (Wildman–Crippen LogP) is 5.77. The van der Waals surface area contributed by atoms with Gasteiger partial charge in [0.05, 0.1) is 31.5 Å². The lowest BCUT2D eigenvalue weighted by atomic mass is 9.88. The molecule has 0 radical (unpaired) electrons. The second-order valence-corrected chi connectivity index (χ2v) is 9.53. The molecule has 1 N–H and O–H groups in total. The third-order valence-electron chi connectivity index (χ3n) is 7.38. The summed E-state index contributed by atoms with van der Waals surface area (Å²) in [7, 11) is 3.06. The molecule has 0 bridgehead atoms. The Morgan fingerprint density at radius 1 is 0.892 bits per heavy atom. The van der Waals surface area contributed by atoms with Crippen molar-refractivity contribution in [3.63, 3.8) is 0 Å². The van der Waals surface area contributed by atoms with Crippen molar-refractivity contribution in [3.8, 4) is 11.5 Å². The molecular formula is C31H31NO5. The lowest BCUT2D eigenvalue weighted by molar-refractivity contribution is -0.132. The van der Waals surface area contributed by atoms with Crippen molar-refractivity contribution in [3.05, 3.63) is 94.1 Å². The third-order valence-corrected chi connectivity index (χ3v) is 7.38. The van der Waals surface area contributed by atoms with E-state index in [2.05, 4.69) is 6.92 Å². The molecule has 0 spiro atoms. The number of amides is 1. The molecule has 1 unspecified atom stereocenters. The van der Waals surface area contributed by atoms with E-state index in [0.29, 0.717) is 22.7 Å². The summed E-state index contributed by atoms with van der Waals surface area (Å²) in [6.45, 7) is 2.07. The number of Topliss-reactive ketones (excluding diaryl/α,β-unsaturated/α-hetero) is 1. The van der Waals surface area contributed by atoms with Gasteiger partial charge in [-0.3, -0.25) is 14.5 Å². The van der Waals surface area contributed by atoms with Crippen LogP contribution in [0.4, 0.5) is 5.69 Å². The van der Waals surface area contributed by atoms with E-state index in [1.165, 1.54) is 30.2 Å². The molecule has 6 heteroatoms. The molecule has 1 saturated heterocycles. The number of methoxy groups -OCH3 is 2. The quantitative estimate of drug-likeness (QED) is 0.266. The van der Waals surface area contributed by atoms with Gasteiger partial charge >= 0.3 is 0 Å². The van der Waals surface area contributed by atoms with Crippen LogP contribution in [0.1, 0.15) is 53.6 Å². The monoisotopic (exact) mass is 497 g/mol. The van der Waals surface area contributed by atoms with Crippen LogP contribution in [0, 0.1) is 0 Å². The van der Waals surface area contributed by atoms with E-state index < -0.39 is 17.7 Å². The molecular weight excluding hydrogens is 466 g/mol. The molecule has 1 fully saturated rings. The van der Waals surface area contributed by atoms with E-state index >= 15 is 0 Å². The number of rotatable bonds is 6. The van der Waals surface area contributed by atoms with E-state index in [9.17, 15) is 14.7 Å². The number of hydrogen-bond donors (Lipinski definition) is 1. The number of aliphatic hydroxyl groups is 1. The van der Waals surface area contributed by atoms with E-state index in [-0.39, 0.29) is 11.3 Å². The average molecular weight is 498 g/mol. The number of benzene rings is 3. The highest BCUT2D eigenvalue weighted by atomic mass is 16.5. The van der Waals surface area contributed by atoms with E-state index in [1.807, 2.05) is 42.5 Å². The molecule has 3 aromatic rings. The zero-order valence-corrected chi connectivity index (χ0v) is 21.4. The zero-order chi connectivity index (χ0) is 26.1. The smallest absolute Gasteiger partial charge is 0.300 e. The topological polar surface area (TPSA) is 76.1 Å². The first-order valence-electron chi connectivity index (χ1n) is 12.7. The standard InChI is InChI=1S/C31H31NO5/c1-4-19-9-11-21(12-10-19)28-27(29(33)23-14-13-20-7-5-6-8-22(20)15-23)30(34)31(35)32(28)24-16-25(36-2)18-26(17-24)37-3/h9-18,28,33H,4-8H2,1-3H3/b29-27-. The van der Waals surface area contributed by atoms with Crippen molar-refractivity contribution < 1.29 is 24.2 Å². The summed E-state index contributed by atoms with van der Waals surface area (Å²) in [4.78, 5) is 28.5. The Balaban J connectivity index is 1.70. The molecule has 1 amide bonds. The van der Waals surface area contributed by atoms with Crippen LogP contribution in [-0.2, 0) is 28.9 Å². The SMILES string of the molecule is CCc1ccc(C2/C(=C(/O)c3ccc4c(c3)CCCC4)C(=O)C(=O)N2c2cc(OC)cc(OC)c2)cc1. The normalized spacial score (nSPS) is 18.6. The number of anilines is 1. The molecule has 1 atom stereocenters. The zero-order valence-electron chi connectivity index (χ0n) is 21.4. The lowest BCUT2D eigenvalue weighted by Gasteiger charge is -2.26. The largest absolute Gasteiger partial charge is 0.507 e. The van der Waals surface area contributed by atoms with Gasteiger partial charge in [-0.1, -0.05) is 43.3 Å². The predicted molar refractivity (Wildman–Crippen MR) is 143 cm³/mol. The molecule has 3 aromatic carbocycles. The van der Waals surface area contributed by atoms with Gasteiger partial charge in [0.1, 0.15) is 17.3 Å². The van der Waals surface area contributed by atoms with Gasteiger partial charge in [0, 0.05) is 23.8 Å². The van der Waals surface area contributed by atoms with E-state index in [4.69, 9.17) is 9.47 Å². The number of aryl methyl sites for hydroxylation is 3. The van der Waals surface area contributed by atoms with Crippen molar-refractivity contribution >= 4 is 23.1 Å². The summed E-state index contributed by atoms with van der Waals surface area (Å²) >= 11 is 0. The van der Waals surface area contributed by atoms with Crippen molar-refractivity contribution in [2.24, 2.45) is 0 Å². The Morgan fingerprint density at radius 3 is 2.16 bits per heavy atom. The number of fused-ring (bicyclic) bond motifs is 1. The minimum Gasteiger partial charge on any atom is -0.507 e. The fourth-order valence-electron chi connectivity index (χ4n) is 5.32. The Kier molecular flexibility index (Phi) is 6.74. The van der Waals surface area contributed by atoms with Crippen LogP contribution >= 0.6 is 0 Å². The summed E-state index contributed by atoms with van der Waals surface area (Å²) in [5.74, 6) is -0.605. The molecule has 5 rings (SSSR count). The summed E-state index contributed by atoms with van der Waals surface area (Å²) in [6.07, 6.45) is 5.07. The second-order valence-electron chi connectivity index (χ2n) is 9.53. The number of carbonyl (C=O) groups excluding carboxylic acids is 2. The van der Waals surface area contributed by atoms with Gasteiger partial charge in [-0.2, -0.15) is 0 Å². The highest BCUT2D eigenvalue weighted by Crippen LogP contribution is 2.44. The van der Waals surface area contributed by atoms with Gasteiger partial charge in [0.2, 0.25) is 0 Å². The van der Waals surface area contributed by atoms with Crippen LogP contribution in [0.25, 0.3) is 5.76 Å². The van der Waals surface area contributed by atoms with Crippen molar-refractivity contribution in [1.29, 1.82) is 0 Å². The molecule has 190 valence electrons. The summed E-state index contributed by atoms with van der Waals surface area (Å²) < 4.78 is 10.8. The minimum absolute atomic E-state index is 0.0757. The number of ketones is 1. The average Bonchev–Trinajstić information content (AvgIpc) is 3.21. The van der Waals surface area contributed by atoms with Gasteiger partial charge in [0.15, 0.2) is 0 Å². The summed E-state index contributed by atoms with van der Waals surface area (Å²) in [6, 6.07) is 17.9. The number of nitrogens with zero attached hydrogens (tertiary/aromatic N) is 1. The highest BCUT2D eigenvalue weighted by Gasteiger charge is 2.47. The van der Waals surface area contributed by atoms with Crippen LogP contribution in [0.3, 0.4) is 0 Å². The Labute approximate surface area is 217 Å². The van der Waals surface area contributed by atoms with Crippen LogP contribution in [0.15, 0.2) is 66.2 Å². The van der Waals surface area contributed by atoms with Crippen molar-refractivity contribution in [1.82, 2.24) is 0 Å². The summed E-state index contributed by atoms with van der Waals surface area (Å²) in [5, 5.41) is 11.5. The van der Waals surface area contributed by atoms with E-state index in [0.717, 1.165) is 43.2 Å². The maximum Gasteiger partial charge on any atom is 0.300 e. The highest BCUT2D eigenvalue weighted by molar-refractivity contribution is 6.51. The summed E-state index contributed by atoms with van der Waals surface area (Å²) in [5.41, 5.74) is 5.41.